The minimum absolute atomic E-state index is 0.0143. The number of carbonyl (C=O) groups is 1. The quantitative estimate of drug-likeness (QED) is 0.781. The lowest BCUT2D eigenvalue weighted by molar-refractivity contribution is -0.119. The van der Waals surface area contributed by atoms with Gasteiger partial charge in [-0.05, 0) is 31.5 Å². The van der Waals surface area contributed by atoms with Gasteiger partial charge in [-0.15, -0.1) is 0 Å². The minimum Gasteiger partial charge on any atom is -0.294 e. The summed E-state index contributed by atoms with van der Waals surface area (Å²) in [6, 6.07) is 16.3. The molecule has 1 aliphatic rings. The maximum Gasteiger partial charge on any atom is 0.193 e. The van der Waals surface area contributed by atoms with Gasteiger partial charge in [0.15, 0.2) is 11.8 Å². The molecule has 1 aliphatic heterocycles. The highest BCUT2D eigenvalue weighted by atomic mass is 16.1. The lowest BCUT2D eigenvalue weighted by Gasteiger charge is -2.06. The average molecular weight is 291 g/mol. The number of aryl methyl sites for hydroxylation is 1. The Kier molecular flexibility index (Phi) is 3.92. The maximum atomic E-state index is 12.5. The number of carbonyl (C=O) groups excluding carboxylic acids is 1. The fraction of sp³-hybridized carbons (Fsp3) is 0.222. The standard InChI is InChI=1S/C18H17N3O/c1-12-8-10-15(11-9-12)20-21-16-13(2)19-17(18(16)22)14-6-4-3-5-7-14/h3-11,16-17H,1-2H3. The summed E-state index contributed by atoms with van der Waals surface area (Å²) >= 11 is 0. The van der Waals surface area contributed by atoms with Crippen LogP contribution in [0.2, 0.25) is 0 Å². The molecule has 0 bridgehead atoms. The first-order valence-corrected chi connectivity index (χ1v) is 7.25. The molecule has 0 N–H and O–H groups in total. The molecule has 0 amide bonds. The Labute approximate surface area is 129 Å². The summed E-state index contributed by atoms with van der Waals surface area (Å²) < 4.78 is 0. The van der Waals surface area contributed by atoms with E-state index in [2.05, 4.69) is 15.2 Å². The van der Waals surface area contributed by atoms with E-state index in [-0.39, 0.29) is 5.78 Å². The Morgan fingerprint density at radius 3 is 2.32 bits per heavy atom. The molecular formula is C18H17N3O. The summed E-state index contributed by atoms with van der Waals surface area (Å²) in [5.41, 5.74) is 3.53. The molecule has 0 saturated carbocycles. The lowest BCUT2D eigenvalue weighted by atomic mass is 10.0. The van der Waals surface area contributed by atoms with E-state index in [9.17, 15) is 4.79 Å². The van der Waals surface area contributed by atoms with E-state index < -0.39 is 12.1 Å². The van der Waals surface area contributed by atoms with Crippen LogP contribution >= 0.6 is 0 Å². The smallest absolute Gasteiger partial charge is 0.193 e. The highest BCUT2D eigenvalue weighted by molar-refractivity contribution is 6.15. The Hall–Kier alpha value is -2.62. The molecule has 0 saturated heterocycles. The van der Waals surface area contributed by atoms with Gasteiger partial charge in [0.2, 0.25) is 0 Å². The second-order valence-electron chi connectivity index (χ2n) is 5.44. The van der Waals surface area contributed by atoms with Gasteiger partial charge < -0.3 is 0 Å². The molecule has 0 spiro atoms. The maximum absolute atomic E-state index is 12.5. The first kappa shape index (κ1) is 14.3. The summed E-state index contributed by atoms with van der Waals surface area (Å²) in [7, 11) is 0. The van der Waals surface area contributed by atoms with Gasteiger partial charge in [0.25, 0.3) is 0 Å². The largest absolute Gasteiger partial charge is 0.294 e. The molecule has 4 nitrogen and oxygen atoms in total. The predicted molar refractivity (Wildman–Crippen MR) is 86.8 cm³/mol. The monoisotopic (exact) mass is 291 g/mol. The molecule has 22 heavy (non-hydrogen) atoms. The van der Waals surface area contributed by atoms with E-state index in [1.807, 2.05) is 68.4 Å². The molecule has 0 aromatic heterocycles. The van der Waals surface area contributed by atoms with Crippen molar-refractivity contribution in [3.05, 3.63) is 65.7 Å². The van der Waals surface area contributed by atoms with Crippen LogP contribution in [0.1, 0.15) is 24.1 Å². The zero-order chi connectivity index (χ0) is 15.5. The number of hydrogen-bond acceptors (Lipinski definition) is 4. The third-order valence-electron chi connectivity index (χ3n) is 3.71. The summed E-state index contributed by atoms with van der Waals surface area (Å²) in [6.45, 7) is 3.85. The molecule has 4 heteroatoms. The zero-order valence-corrected chi connectivity index (χ0v) is 12.6. The van der Waals surface area contributed by atoms with Crippen LogP contribution in [0.15, 0.2) is 69.8 Å². The summed E-state index contributed by atoms with van der Waals surface area (Å²) in [6.07, 6.45) is 0. The molecular weight excluding hydrogens is 274 g/mol. The summed E-state index contributed by atoms with van der Waals surface area (Å²) in [5.74, 6) is -0.0143. The highest BCUT2D eigenvalue weighted by Gasteiger charge is 2.36. The minimum atomic E-state index is -0.577. The van der Waals surface area contributed by atoms with Gasteiger partial charge in [-0.25, -0.2) is 0 Å². The van der Waals surface area contributed by atoms with E-state index in [1.165, 1.54) is 0 Å². The Morgan fingerprint density at radius 2 is 1.64 bits per heavy atom. The second kappa shape index (κ2) is 6.02. The van der Waals surface area contributed by atoms with Crippen LogP contribution in [-0.4, -0.2) is 17.5 Å². The van der Waals surface area contributed by atoms with Gasteiger partial charge in [0, 0.05) is 5.71 Å². The number of ketones is 1. The van der Waals surface area contributed by atoms with E-state index in [0.29, 0.717) is 0 Å². The first-order chi connectivity index (χ1) is 10.6. The number of rotatable bonds is 3. The number of aliphatic imine (C=N–C) groups is 1. The van der Waals surface area contributed by atoms with Crippen LogP contribution in [0.5, 0.6) is 0 Å². The van der Waals surface area contributed by atoms with Gasteiger partial charge in [0.1, 0.15) is 6.04 Å². The van der Waals surface area contributed by atoms with Crippen LogP contribution in [0, 0.1) is 6.92 Å². The van der Waals surface area contributed by atoms with Crippen LogP contribution < -0.4 is 0 Å². The van der Waals surface area contributed by atoms with E-state index in [1.54, 1.807) is 0 Å². The molecule has 2 aromatic rings. The van der Waals surface area contributed by atoms with Crippen molar-refractivity contribution in [1.29, 1.82) is 0 Å². The van der Waals surface area contributed by atoms with Gasteiger partial charge in [-0.2, -0.15) is 10.2 Å². The summed E-state index contributed by atoms with van der Waals surface area (Å²) in [5, 5.41) is 8.39. The molecule has 2 aromatic carbocycles. The van der Waals surface area contributed by atoms with E-state index in [0.717, 1.165) is 22.5 Å². The second-order valence-corrected chi connectivity index (χ2v) is 5.44. The van der Waals surface area contributed by atoms with Crippen molar-refractivity contribution >= 4 is 17.2 Å². The van der Waals surface area contributed by atoms with Gasteiger partial charge in [-0.3, -0.25) is 9.79 Å². The topological polar surface area (TPSA) is 54.1 Å². The van der Waals surface area contributed by atoms with Crippen molar-refractivity contribution in [3.8, 4) is 0 Å². The predicted octanol–water partition coefficient (Wildman–Crippen LogP) is 4.23. The molecule has 0 fully saturated rings. The number of benzene rings is 2. The molecule has 1 heterocycles. The fourth-order valence-corrected chi connectivity index (χ4v) is 2.44. The van der Waals surface area contributed by atoms with Gasteiger partial charge in [0.05, 0.1) is 5.69 Å². The first-order valence-electron chi connectivity index (χ1n) is 7.25. The molecule has 0 radical (unpaired) electrons. The SMILES string of the molecule is CC1=NC(c2ccccc2)C(=O)C1N=Nc1ccc(C)cc1. The third-order valence-corrected chi connectivity index (χ3v) is 3.71. The van der Waals surface area contributed by atoms with E-state index >= 15 is 0 Å². The normalized spacial score (nSPS) is 21.4. The van der Waals surface area contributed by atoms with E-state index in [4.69, 9.17) is 0 Å². The molecule has 2 unspecified atom stereocenters. The zero-order valence-electron chi connectivity index (χ0n) is 12.6. The molecule has 2 atom stereocenters. The Balaban J connectivity index is 1.80. The van der Waals surface area contributed by atoms with Crippen LogP contribution in [0.25, 0.3) is 0 Å². The van der Waals surface area contributed by atoms with Crippen molar-refractivity contribution in [1.82, 2.24) is 0 Å². The van der Waals surface area contributed by atoms with Crippen molar-refractivity contribution in [2.24, 2.45) is 15.2 Å². The van der Waals surface area contributed by atoms with Crippen molar-refractivity contribution in [2.45, 2.75) is 25.9 Å². The average Bonchev–Trinajstić information content (AvgIpc) is 2.82. The van der Waals surface area contributed by atoms with Crippen molar-refractivity contribution in [2.75, 3.05) is 0 Å². The highest BCUT2D eigenvalue weighted by Crippen LogP contribution is 2.28. The summed E-state index contributed by atoms with van der Waals surface area (Å²) in [4.78, 5) is 17.0. The molecule has 110 valence electrons. The molecule has 3 rings (SSSR count). The molecule has 0 aliphatic carbocycles. The van der Waals surface area contributed by atoms with Crippen LogP contribution in [0.3, 0.4) is 0 Å². The van der Waals surface area contributed by atoms with Crippen LogP contribution in [-0.2, 0) is 4.79 Å². The Bertz CT molecular complexity index is 733. The third kappa shape index (κ3) is 2.86. The van der Waals surface area contributed by atoms with Crippen molar-refractivity contribution < 1.29 is 4.79 Å². The van der Waals surface area contributed by atoms with Crippen molar-refractivity contribution in [3.63, 3.8) is 0 Å². The number of hydrogen-bond donors (Lipinski definition) is 0. The van der Waals surface area contributed by atoms with Gasteiger partial charge >= 0.3 is 0 Å². The number of Topliss-reactive ketones (excluding diaryl/α,β-unsaturated/α-hetero) is 1. The number of nitrogens with zero attached hydrogens (tertiary/aromatic N) is 3. The van der Waals surface area contributed by atoms with Crippen LogP contribution in [0.4, 0.5) is 5.69 Å². The fourth-order valence-electron chi connectivity index (χ4n) is 2.44. The lowest BCUT2D eigenvalue weighted by Crippen LogP contribution is -2.22. The van der Waals surface area contributed by atoms with Gasteiger partial charge in [-0.1, -0.05) is 48.0 Å². The Morgan fingerprint density at radius 1 is 0.955 bits per heavy atom. The number of azo groups is 1.